The molecule has 4 aromatic rings. The van der Waals surface area contributed by atoms with Gasteiger partial charge in [0.1, 0.15) is 22.8 Å². The van der Waals surface area contributed by atoms with Crippen LogP contribution in [0.15, 0.2) is 68.3 Å². The predicted octanol–water partition coefficient (Wildman–Crippen LogP) is 3.33. The molecule has 0 aliphatic carbocycles. The Morgan fingerprint density at radius 3 is 2.73 bits per heavy atom. The highest BCUT2D eigenvalue weighted by atomic mass is 16.5. The first kappa shape index (κ1) is 18.0. The number of carbonyl (C=O) groups excluding carboxylic acids is 1. The van der Waals surface area contributed by atoms with Gasteiger partial charge in [0.25, 0.3) is 5.91 Å². The number of carbonyl (C=O) groups is 1. The minimum absolute atomic E-state index is 0.0115. The van der Waals surface area contributed by atoms with E-state index >= 15 is 0 Å². The monoisotopic (exact) mass is 404 g/mol. The maximum Gasteiger partial charge on any atom is 0.344 e. The second-order valence-electron chi connectivity index (χ2n) is 7.05. The van der Waals surface area contributed by atoms with Gasteiger partial charge >= 0.3 is 5.63 Å². The lowest BCUT2D eigenvalue weighted by atomic mass is 9.88. The largest absolute Gasteiger partial charge is 0.508 e. The zero-order valence-corrected chi connectivity index (χ0v) is 15.8. The van der Waals surface area contributed by atoms with Crippen molar-refractivity contribution in [1.82, 2.24) is 5.16 Å². The van der Waals surface area contributed by atoms with Crippen LogP contribution in [0.4, 0.5) is 5.82 Å². The number of rotatable bonds is 3. The number of amides is 1. The first-order valence-corrected chi connectivity index (χ1v) is 9.27. The zero-order valence-electron chi connectivity index (χ0n) is 15.8. The molecule has 0 fully saturated rings. The van der Waals surface area contributed by atoms with E-state index in [2.05, 4.69) is 10.5 Å². The number of phenols is 1. The molecule has 5 rings (SSSR count). The molecule has 0 unspecified atom stereocenters. The molecule has 2 aromatic heterocycles. The third-order valence-corrected chi connectivity index (χ3v) is 5.02. The fraction of sp³-hybridized carbons (Fsp3) is 0.136. The molecule has 2 N–H and O–H groups in total. The van der Waals surface area contributed by atoms with Crippen LogP contribution in [-0.4, -0.2) is 22.3 Å². The highest BCUT2D eigenvalue weighted by Crippen LogP contribution is 2.44. The second kappa shape index (κ2) is 6.77. The third-order valence-electron chi connectivity index (χ3n) is 5.02. The summed E-state index contributed by atoms with van der Waals surface area (Å²) in [5, 5.41) is 17.0. The number of phenolic OH excluding ortho intramolecular Hbond substituents is 1. The third kappa shape index (κ3) is 2.89. The Kier molecular flexibility index (Phi) is 4.06. The minimum Gasteiger partial charge on any atom is -0.508 e. The van der Waals surface area contributed by atoms with Gasteiger partial charge in [0.2, 0.25) is 0 Å². The molecular formula is C22H16N2O6. The van der Waals surface area contributed by atoms with Crippen LogP contribution < -0.4 is 15.7 Å². The molecule has 0 saturated carbocycles. The van der Waals surface area contributed by atoms with E-state index in [1.807, 2.05) is 0 Å². The van der Waals surface area contributed by atoms with Crippen molar-refractivity contribution >= 4 is 22.7 Å². The van der Waals surface area contributed by atoms with Crippen molar-refractivity contribution in [1.29, 1.82) is 0 Å². The molecule has 1 aliphatic heterocycles. The molecule has 1 aliphatic rings. The molecule has 8 heteroatoms. The number of anilines is 1. The average molecular weight is 404 g/mol. The van der Waals surface area contributed by atoms with E-state index in [0.29, 0.717) is 28.0 Å². The van der Waals surface area contributed by atoms with Gasteiger partial charge < -0.3 is 24.1 Å². The Bertz CT molecular complexity index is 1340. The van der Waals surface area contributed by atoms with Gasteiger partial charge in [-0.15, -0.1) is 0 Å². The summed E-state index contributed by atoms with van der Waals surface area (Å²) < 4.78 is 16.5. The topological polar surface area (TPSA) is 115 Å². The van der Waals surface area contributed by atoms with E-state index in [9.17, 15) is 14.7 Å². The summed E-state index contributed by atoms with van der Waals surface area (Å²) in [7, 11) is 0. The summed E-state index contributed by atoms with van der Waals surface area (Å²) in [5.41, 5.74) is 0.553. The Balaban J connectivity index is 1.66. The van der Waals surface area contributed by atoms with Gasteiger partial charge in [-0.05, 0) is 36.8 Å². The number of ether oxygens (including phenoxy) is 1. The number of hydrogen-bond acceptors (Lipinski definition) is 7. The number of nitrogens with one attached hydrogen (secondary N) is 1. The van der Waals surface area contributed by atoms with Gasteiger partial charge in [0, 0.05) is 6.07 Å². The summed E-state index contributed by atoms with van der Waals surface area (Å²) in [5.74, 6) is -0.193. The van der Waals surface area contributed by atoms with Crippen LogP contribution in [0, 0.1) is 6.92 Å². The fourth-order valence-corrected chi connectivity index (χ4v) is 3.76. The second-order valence-corrected chi connectivity index (χ2v) is 7.05. The van der Waals surface area contributed by atoms with E-state index in [0.717, 1.165) is 0 Å². The Morgan fingerprint density at radius 2 is 1.97 bits per heavy atom. The van der Waals surface area contributed by atoms with Gasteiger partial charge in [-0.1, -0.05) is 29.4 Å². The van der Waals surface area contributed by atoms with Crippen LogP contribution in [0.25, 0.3) is 11.0 Å². The van der Waals surface area contributed by atoms with Crippen LogP contribution >= 0.6 is 0 Å². The lowest BCUT2D eigenvalue weighted by molar-refractivity contribution is -0.122. The van der Waals surface area contributed by atoms with E-state index in [1.165, 1.54) is 12.1 Å². The molecule has 0 spiro atoms. The number of benzene rings is 2. The molecule has 0 bridgehead atoms. The maximum absolute atomic E-state index is 13.1. The zero-order chi connectivity index (χ0) is 20.8. The van der Waals surface area contributed by atoms with Crippen molar-refractivity contribution in [2.45, 2.75) is 18.9 Å². The molecule has 1 amide bonds. The Morgan fingerprint density at radius 1 is 1.13 bits per heavy atom. The maximum atomic E-state index is 13.1. The quantitative estimate of drug-likeness (QED) is 0.503. The van der Waals surface area contributed by atoms with Crippen molar-refractivity contribution in [3.63, 3.8) is 0 Å². The van der Waals surface area contributed by atoms with E-state index in [1.54, 1.807) is 49.4 Å². The van der Waals surface area contributed by atoms with Gasteiger partial charge in [0.05, 0.1) is 16.9 Å². The number of aromatic hydroxyl groups is 1. The summed E-state index contributed by atoms with van der Waals surface area (Å²) in [6, 6.07) is 14.9. The minimum atomic E-state index is -1.08. The number of para-hydroxylation sites is 1. The molecule has 2 atom stereocenters. The highest BCUT2D eigenvalue weighted by Gasteiger charge is 2.44. The van der Waals surface area contributed by atoms with E-state index in [4.69, 9.17) is 13.7 Å². The van der Waals surface area contributed by atoms with Crippen LogP contribution in [0.5, 0.6) is 11.5 Å². The molecular weight excluding hydrogens is 388 g/mol. The number of aromatic nitrogens is 1. The smallest absolute Gasteiger partial charge is 0.344 e. The van der Waals surface area contributed by atoms with Crippen molar-refractivity contribution in [2.75, 3.05) is 5.32 Å². The molecule has 0 radical (unpaired) electrons. The number of fused-ring (bicyclic) bond motifs is 3. The number of nitrogens with zero attached hydrogens (tertiary/aromatic N) is 1. The lowest BCUT2D eigenvalue weighted by Gasteiger charge is -2.18. The Hall–Kier alpha value is -4.07. The summed E-state index contributed by atoms with van der Waals surface area (Å²) >= 11 is 0. The van der Waals surface area contributed by atoms with Crippen molar-refractivity contribution in [2.24, 2.45) is 0 Å². The van der Waals surface area contributed by atoms with Gasteiger partial charge in [-0.25, -0.2) is 4.79 Å². The van der Waals surface area contributed by atoms with E-state index < -0.39 is 23.6 Å². The molecule has 0 saturated heterocycles. The summed E-state index contributed by atoms with van der Waals surface area (Å²) in [6.07, 6.45) is -1.08. The van der Waals surface area contributed by atoms with Crippen molar-refractivity contribution in [3.05, 3.63) is 81.9 Å². The molecule has 8 nitrogen and oxygen atoms in total. The first-order valence-electron chi connectivity index (χ1n) is 9.27. The fourth-order valence-electron chi connectivity index (χ4n) is 3.76. The first-order chi connectivity index (χ1) is 14.5. The number of aryl methyl sites for hydroxylation is 1. The van der Waals surface area contributed by atoms with Crippen molar-refractivity contribution < 1.29 is 23.6 Å². The molecule has 150 valence electrons. The molecule has 30 heavy (non-hydrogen) atoms. The molecule has 2 aromatic carbocycles. The predicted molar refractivity (Wildman–Crippen MR) is 107 cm³/mol. The van der Waals surface area contributed by atoms with Gasteiger partial charge in [-0.2, -0.15) is 0 Å². The standard InChI is InChI=1S/C22H16N2O6/c1-11-9-16(24-30-11)23-21(26)20-17(12-5-4-6-13(25)10-12)18-19(29-20)14-7-2-3-8-15(14)28-22(18)27/h2-10,17,20,25H,1H3,(H,23,24,26)/t17-,20-/m0/s1. The summed E-state index contributed by atoms with van der Waals surface area (Å²) in [4.78, 5) is 26.0. The Labute approximate surface area is 169 Å². The van der Waals surface area contributed by atoms with Crippen molar-refractivity contribution in [3.8, 4) is 11.5 Å². The normalized spacial score (nSPS) is 17.5. The highest BCUT2D eigenvalue weighted by molar-refractivity contribution is 5.97. The average Bonchev–Trinajstić information content (AvgIpc) is 3.32. The number of hydrogen-bond donors (Lipinski definition) is 2. The van der Waals surface area contributed by atoms with Crippen LogP contribution in [0.1, 0.15) is 22.8 Å². The summed E-state index contributed by atoms with van der Waals surface area (Å²) in [6.45, 7) is 1.71. The van der Waals surface area contributed by atoms with Crippen LogP contribution in [-0.2, 0) is 4.79 Å². The molecule has 3 heterocycles. The van der Waals surface area contributed by atoms with E-state index in [-0.39, 0.29) is 17.1 Å². The lowest BCUT2D eigenvalue weighted by Crippen LogP contribution is -2.35. The van der Waals surface area contributed by atoms with Crippen LogP contribution in [0.2, 0.25) is 0 Å². The van der Waals surface area contributed by atoms with Gasteiger partial charge in [-0.3, -0.25) is 4.79 Å². The SMILES string of the molecule is Cc1cc(NC(=O)[C@H]2Oc3c(c(=O)oc4ccccc34)[C@@H]2c2cccc(O)c2)no1. The van der Waals surface area contributed by atoms with Crippen LogP contribution in [0.3, 0.4) is 0 Å². The van der Waals surface area contributed by atoms with Gasteiger partial charge in [0.15, 0.2) is 11.9 Å².